The van der Waals surface area contributed by atoms with Crippen molar-refractivity contribution in [2.45, 2.75) is 13.8 Å². The van der Waals surface area contributed by atoms with Crippen LogP contribution in [0.5, 0.6) is 5.75 Å². The number of benzene rings is 2. The number of ether oxygens (including phenoxy) is 1. The van der Waals surface area contributed by atoms with E-state index in [-0.39, 0.29) is 11.4 Å². The van der Waals surface area contributed by atoms with Crippen LogP contribution in [0.1, 0.15) is 11.1 Å². The number of carbonyl (C=O) groups is 2. The summed E-state index contributed by atoms with van der Waals surface area (Å²) >= 11 is 0. The van der Waals surface area contributed by atoms with Gasteiger partial charge < -0.3 is 10.1 Å². The predicted molar refractivity (Wildman–Crippen MR) is 91.7 cm³/mol. The van der Waals surface area contributed by atoms with E-state index < -0.39 is 23.5 Å². The van der Waals surface area contributed by atoms with Gasteiger partial charge in [0.2, 0.25) is 0 Å². The second kappa shape index (κ2) is 7.91. The zero-order valence-corrected chi connectivity index (χ0v) is 13.7. The summed E-state index contributed by atoms with van der Waals surface area (Å²) in [6, 6.07) is 10.1. The van der Waals surface area contributed by atoms with Gasteiger partial charge in [0.05, 0.1) is 4.92 Å². The average Bonchev–Trinajstić information content (AvgIpc) is 2.57. The summed E-state index contributed by atoms with van der Waals surface area (Å²) in [5, 5.41) is 15.3. The molecule has 0 aliphatic carbocycles. The molecule has 0 spiro atoms. The van der Waals surface area contributed by atoms with Crippen molar-refractivity contribution < 1.29 is 19.2 Å². The topological polar surface area (TPSA) is 111 Å². The number of urea groups is 1. The number of imide groups is 1. The maximum Gasteiger partial charge on any atom is 0.325 e. The van der Waals surface area contributed by atoms with Crippen LogP contribution in [-0.2, 0) is 4.79 Å². The average molecular weight is 343 g/mol. The van der Waals surface area contributed by atoms with Crippen molar-refractivity contribution in [2.75, 3.05) is 11.9 Å². The van der Waals surface area contributed by atoms with Crippen LogP contribution in [0, 0.1) is 24.0 Å². The number of amides is 3. The number of nitrogens with one attached hydrogen (secondary N) is 2. The van der Waals surface area contributed by atoms with Gasteiger partial charge in [-0.1, -0.05) is 12.1 Å². The molecule has 0 atom stereocenters. The van der Waals surface area contributed by atoms with Crippen LogP contribution in [0.3, 0.4) is 0 Å². The Kier molecular flexibility index (Phi) is 5.67. The molecule has 8 nitrogen and oxygen atoms in total. The first-order valence-electron chi connectivity index (χ1n) is 7.41. The van der Waals surface area contributed by atoms with Crippen LogP contribution in [0.15, 0.2) is 42.5 Å². The molecule has 0 fully saturated rings. The fourth-order valence-corrected chi connectivity index (χ4v) is 2.02. The summed E-state index contributed by atoms with van der Waals surface area (Å²) in [6.07, 6.45) is 0. The van der Waals surface area contributed by atoms with E-state index in [4.69, 9.17) is 4.74 Å². The lowest BCUT2D eigenvalue weighted by molar-refractivity contribution is -0.384. The molecule has 8 heteroatoms. The SMILES string of the molecule is Cc1cccc(NC(=O)NC(=O)COc2ccc([N+](=O)[O-])cc2)c1C. The molecule has 0 radical (unpaired) electrons. The van der Waals surface area contributed by atoms with Gasteiger partial charge in [0.1, 0.15) is 5.75 Å². The highest BCUT2D eigenvalue weighted by molar-refractivity contribution is 6.02. The minimum atomic E-state index is -0.661. The first kappa shape index (κ1) is 17.9. The van der Waals surface area contributed by atoms with Crippen LogP contribution in [0.4, 0.5) is 16.2 Å². The van der Waals surface area contributed by atoms with Gasteiger partial charge in [-0.05, 0) is 43.2 Å². The van der Waals surface area contributed by atoms with Crippen molar-refractivity contribution in [2.24, 2.45) is 0 Å². The third kappa shape index (κ3) is 5.03. The lowest BCUT2D eigenvalue weighted by Gasteiger charge is -2.11. The van der Waals surface area contributed by atoms with Crippen molar-refractivity contribution in [3.63, 3.8) is 0 Å². The van der Waals surface area contributed by atoms with E-state index in [1.165, 1.54) is 24.3 Å². The zero-order chi connectivity index (χ0) is 18.4. The number of aryl methyl sites for hydroxylation is 1. The molecular formula is C17H17N3O5. The Labute approximate surface area is 144 Å². The number of rotatable bonds is 5. The van der Waals surface area contributed by atoms with Crippen molar-refractivity contribution in [1.82, 2.24) is 5.32 Å². The number of hydrogen-bond donors (Lipinski definition) is 2. The Morgan fingerprint density at radius 3 is 2.44 bits per heavy atom. The van der Waals surface area contributed by atoms with Gasteiger partial charge in [-0.25, -0.2) is 4.79 Å². The Hall–Kier alpha value is -3.42. The molecule has 0 heterocycles. The quantitative estimate of drug-likeness (QED) is 0.640. The van der Waals surface area contributed by atoms with Crippen LogP contribution in [0.25, 0.3) is 0 Å². The standard InChI is InChI=1S/C17H17N3O5/c1-11-4-3-5-15(12(11)2)18-17(22)19-16(21)10-25-14-8-6-13(7-9-14)20(23)24/h3-9H,10H2,1-2H3,(H2,18,19,21,22). The van der Waals surface area contributed by atoms with Gasteiger partial charge >= 0.3 is 6.03 Å². The second-order valence-corrected chi connectivity index (χ2v) is 5.29. The number of hydrogen-bond acceptors (Lipinski definition) is 5. The lowest BCUT2D eigenvalue weighted by atomic mass is 10.1. The second-order valence-electron chi connectivity index (χ2n) is 5.29. The Morgan fingerprint density at radius 2 is 1.80 bits per heavy atom. The summed E-state index contributed by atoms with van der Waals surface area (Å²) in [6.45, 7) is 3.39. The van der Waals surface area contributed by atoms with Gasteiger partial charge in [-0.3, -0.25) is 20.2 Å². The fraction of sp³-hybridized carbons (Fsp3) is 0.176. The number of nitro groups is 1. The number of nitrogens with zero attached hydrogens (tertiary/aromatic N) is 1. The van der Waals surface area contributed by atoms with Crippen molar-refractivity contribution in [3.05, 3.63) is 63.7 Å². The van der Waals surface area contributed by atoms with E-state index >= 15 is 0 Å². The van der Waals surface area contributed by atoms with E-state index in [2.05, 4.69) is 10.6 Å². The summed E-state index contributed by atoms with van der Waals surface area (Å²) in [5.74, 6) is -0.350. The van der Waals surface area contributed by atoms with E-state index in [9.17, 15) is 19.7 Å². The molecule has 2 aromatic rings. The maximum absolute atomic E-state index is 11.8. The van der Waals surface area contributed by atoms with Crippen molar-refractivity contribution in [1.29, 1.82) is 0 Å². The molecule has 0 bridgehead atoms. The molecule has 0 unspecified atom stereocenters. The van der Waals surface area contributed by atoms with Crippen LogP contribution < -0.4 is 15.4 Å². The van der Waals surface area contributed by atoms with Gasteiger partial charge in [-0.15, -0.1) is 0 Å². The normalized spacial score (nSPS) is 10.0. The molecule has 0 aliphatic rings. The van der Waals surface area contributed by atoms with E-state index in [0.717, 1.165) is 11.1 Å². The largest absolute Gasteiger partial charge is 0.484 e. The highest BCUT2D eigenvalue weighted by atomic mass is 16.6. The van der Waals surface area contributed by atoms with E-state index in [1.54, 1.807) is 12.1 Å². The summed E-state index contributed by atoms with van der Waals surface area (Å²) in [4.78, 5) is 33.6. The van der Waals surface area contributed by atoms with Crippen LogP contribution in [0.2, 0.25) is 0 Å². The Morgan fingerprint density at radius 1 is 1.12 bits per heavy atom. The lowest BCUT2D eigenvalue weighted by Crippen LogP contribution is -2.37. The van der Waals surface area contributed by atoms with Gasteiger partial charge in [0.15, 0.2) is 6.61 Å². The van der Waals surface area contributed by atoms with Crippen LogP contribution >= 0.6 is 0 Å². The summed E-state index contributed by atoms with van der Waals surface area (Å²) in [7, 11) is 0. The number of carbonyl (C=O) groups excluding carboxylic acids is 2. The number of nitro benzene ring substituents is 1. The zero-order valence-electron chi connectivity index (χ0n) is 13.7. The molecule has 3 amide bonds. The Bertz CT molecular complexity index is 802. The molecule has 0 aliphatic heterocycles. The Balaban J connectivity index is 1.84. The monoisotopic (exact) mass is 343 g/mol. The highest BCUT2D eigenvalue weighted by Crippen LogP contribution is 2.18. The maximum atomic E-state index is 11.8. The first-order chi connectivity index (χ1) is 11.9. The van der Waals surface area contributed by atoms with Crippen LogP contribution in [-0.4, -0.2) is 23.5 Å². The van der Waals surface area contributed by atoms with Gasteiger partial charge in [-0.2, -0.15) is 0 Å². The fourth-order valence-electron chi connectivity index (χ4n) is 2.02. The van der Waals surface area contributed by atoms with Gasteiger partial charge in [0.25, 0.3) is 11.6 Å². The highest BCUT2D eigenvalue weighted by Gasteiger charge is 2.11. The molecule has 0 aromatic heterocycles. The number of non-ortho nitro benzene ring substituents is 1. The molecule has 130 valence electrons. The first-order valence-corrected chi connectivity index (χ1v) is 7.41. The molecule has 0 saturated heterocycles. The summed E-state index contributed by atoms with van der Waals surface area (Å²) < 4.78 is 5.18. The molecular weight excluding hydrogens is 326 g/mol. The number of anilines is 1. The predicted octanol–water partition coefficient (Wildman–Crippen LogP) is 2.94. The van der Waals surface area contributed by atoms with E-state index in [0.29, 0.717) is 5.69 Å². The molecule has 25 heavy (non-hydrogen) atoms. The third-order valence-electron chi connectivity index (χ3n) is 3.52. The van der Waals surface area contributed by atoms with Gasteiger partial charge in [0, 0.05) is 17.8 Å². The smallest absolute Gasteiger partial charge is 0.325 e. The van der Waals surface area contributed by atoms with Crippen molar-refractivity contribution >= 4 is 23.3 Å². The third-order valence-corrected chi connectivity index (χ3v) is 3.52. The summed E-state index contributed by atoms with van der Waals surface area (Å²) in [5.41, 5.74) is 2.46. The molecule has 2 rings (SSSR count). The minimum Gasteiger partial charge on any atom is -0.484 e. The molecule has 2 aromatic carbocycles. The molecule has 0 saturated carbocycles. The minimum absolute atomic E-state index is 0.0790. The van der Waals surface area contributed by atoms with E-state index in [1.807, 2.05) is 19.9 Å². The van der Waals surface area contributed by atoms with Crippen molar-refractivity contribution in [3.8, 4) is 5.75 Å². The molecule has 2 N–H and O–H groups in total.